The fourth-order valence-corrected chi connectivity index (χ4v) is 4.26. The molecule has 10 heteroatoms. The fourth-order valence-electron chi connectivity index (χ4n) is 4.26. The molecule has 0 aliphatic heterocycles. The zero-order valence-electron chi connectivity index (χ0n) is 22.5. The Labute approximate surface area is 236 Å². The number of nitrogen functional groups attached to an aromatic ring is 1. The summed E-state index contributed by atoms with van der Waals surface area (Å²) in [7, 11) is 0. The molecular formula is C31H29N7O3. The van der Waals surface area contributed by atoms with Crippen LogP contribution in [0.2, 0.25) is 0 Å². The van der Waals surface area contributed by atoms with E-state index in [9.17, 15) is 14.4 Å². The van der Waals surface area contributed by atoms with Crippen LogP contribution in [0.4, 0.5) is 5.82 Å². The number of carbonyl (C=O) groups excluding carboxylic acids is 2. The molecule has 0 saturated heterocycles. The van der Waals surface area contributed by atoms with Crippen LogP contribution in [0.25, 0.3) is 22.1 Å². The summed E-state index contributed by atoms with van der Waals surface area (Å²) in [5, 5.41) is 4.19. The van der Waals surface area contributed by atoms with Gasteiger partial charge in [-0.05, 0) is 42.1 Å². The van der Waals surface area contributed by atoms with E-state index in [0.29, 0.717) is 29.6 Å². The standard InChI is InChI=1S/C24H22N2O2.C7H7N5O/c1-3-20-17-19-13-10-12-18(11-8-9-16-25-22(27)4-2)23(19)24(28)26(20)21-14-6-5-7-15-21;8-5-4(6(9)13)7-10-1-2-12(7)3-11-5/h4-7,10,12-15,17H,2-3,9,16H2,1H3,(H,25,27);1-3H,8H2,(H2,9,13). The molecule has 0 fully saturated rings. The summed E-state index contributed by atoms with van der Waals surface area (Å²) >= 11 is 0. The van der Waals surface area contributed by atoms with E-state index in [1.54, 1.807) is 21.4 Å². The smallest absolute Gasteiger partial charge is 0.264 e. The predicted octanol–water partition coefficient (Wildman–Crippen LogP) is 3.01. The highest BCUT2D eigenvalue weighted by molar-refractivity contribution is 6.02. The number of imidazole rings is 1. The lowest BCUT2D eigenvalue weighted by Gasteiger charge is -2.14. The molecule has 3 aromatic heterocycles. The minimum absolute atomic E-state index is 0.0644. The van der Waals surface area contributed by atoms with Gasteiger partial charge in [-0.15, -0.1) is 0 Å². The van der Waals surface area contributed by atoms with Crippen molar-refractivity contribution in [2.45, 2.75) is 19.8 Å². The highest BCUT2D eigenvalue weighted by Gasteiger charge is 2.14. The first-order valence-corrected chi connectivity index (χ1v) is 12.8. The van der Waals surface area contributed by atoms with Crippen molar-refractivity contribution in [2.75, 3.05) is 12.3 Å². The van der Waals surface area contributed by atoms with Crippen LogP contribution in [-0.2, 0) is 11.2 Å². The van der Waals surface area contributed by atoms with E-state index in [1.807, 2.05) is 55.5 Å². The summed E-state index contributed by atoms with van der Waals surface area (Å²) in [6.45, 7) is 5.90. The average Bonchev–Trinajstić information content (AvgIpc) is 3.45. The fraction of sp³-hybridized carbons (Fsp3) is 0.129. The molecule has 3 heterocycles. The second-order valence-corrected chi connectivity index (χ2v) is 8.81. The third kappa shape index (κ3) is 6.32. The Morgan fingerprint density at radius 3 is 2.61 bits per heavy atom. The molecule has 2 amide bonds. The van der Waals surface area contributed by atoms with Gasteiger partial charge in [-0.1, -0.05) is 55.7 Å². The maximum Gasteiger partial charge on any atom is 0.264 e. The highest BCUT2D eigenvalue weighted by Crippen LogP contribution is 2.19. The van der Waals surface area contributed by atoms with Crippen molar-refractivity contribution < 1.29 is 9.59 Å². The van der Waals surface area contributed by atoms with Crippen molar-refractivity contribution in [3.05, 3.63) is 113 Å². The molecule has 0 bridgehead atoms. The summed E-state index contributed by atoms with van der Waals surface area (Å²) in [5.41, 5.74) is 13.6. The van der Waals surface area contributed by atoms with Gasteiger partial charge in [0.25, 0.3) is 11.5 Å². The lowest BCUT2D eigenvalue weighted by molar-refractivity contribution is -0.116. The zero-order chi connectivity index (χ0) is 29.4. The molecule has 0 radical (unpaired) electrons. The van der Waals surface area contributed by atoms with Crippen molar-refractivity contribution in [2.24, 2.45) is 5.73 Å². The number of hydrogen-bond acceptors (Lipinski definition) is 6. The largest absolute Gasteiger partial charge is 0.383 e. The van der Waals surface area contributed by atoms with Crippen molar-refractivity contribution in [1.29, 1.82) is 0 Å². The second-order valence-electron chi connectivity index (χ2n) is 8.81. The number of pyridine rings is 1. The molecule has 206 valence electrons. The Bertz CT molecular complexity index is 1860. The molecule has 5 N–H and O–H groups in total. The van der Waals surface area contributed by atoms with E-state index in [2.05, 4.69) is 39.8 Å². The number of carbonyl (C=O) groups is 2. The summed E-state index contributed by atoms with van der Waals surface area (Å²) in [6.07, 6.45) is 7.16. The lowest BCUT2D eigenvalue weighted by atomic mass is 10.0. The van der Waals surface area contributed by atoms with Crippen LogP contribution in [0, 0.1) is 11.8 Å². The number of benzene rings is 2. The molecule has 0 spiro atoms. The summed E-state index contributed by atoms with van der Waals surface area (Å²) in [5.74, 6) is 5.40. The summed E-state index contributed by atoms with van der Waals surface area (Å²) < 4.78 is 3.34. The summed E-state index contributed by atoms with van der Waals surface area (Å²) in [4.78, 5) is 43.3. The first-order valence-electron chi connectivity index (χ1n) is 12.8. The van der Waals surface area contributed by atoms with E-state index in [0.717, 1.165) is 23.2 Å². The van der Waals surface area contributed by atoms with Crippen LogP contribution in [-0.4, -0.2) is 37.3 Å². The number of rotatable bonds is 6. The van der Waals surface area contributed by atoms with Gasteiger partial charge >= 0.3 is 0 Å². The molecule has 41 heavy (non-hydrogen) atoms. The highest BCUT2D eigenvalue weighted by atomic mass is 16.2. The molecule has 5 rings (SSSR count). The topological polar surface area (TPSA) is 150 Å². The number of aryl methyl sites for hydroxylation is 1. The number of nitrogens with one attached hydrogen (secondary N) is 1. The van der Waals surface area contributed by atoms with Crippen molar-refractivity contribution in [1.82, 2.24) is 24.3 Å². The Balaban J connectivity index is 0.000000247. The van der Waals surface area contributed by atoms with Crippen LogP contribution < -0.4 is 22.3 Å². The predicted molar refractivity (Wildman–Crippen MR) is 160 cm³/mol. The van der Waals surface area contributed by atoms with Gasteiger partial charge in [0.05, 0.1) is 5.39 Å². The van der Waals surface area contributed by atoms with Crippen LogP contribution in [0.1, 0.15) is 35.0 Å². The van der Waals surface area contributed by atoms with Gasteiger partial charge in [-0.25, -0.2) is 9.97 Å². The van der Waals surface area contributed by atoms with Crippen LogP contribution >= 0.6 is 0 Å². The van der Waals surface area contributed by atoms with E-state index in [-0.39, 0.29) is 22.8 Å². The quantitative estimate of drug-likeness (QED) is 0.169. The number of para-hydroxylation sites is 1. The molecule has 10 nitrogen and oxygen atoms in total. The van der Waals surface area contributed by atoms with Crippen LogP contribution in [0.5, 0.6) is 0 Å². The molecule has 0 aliphatic rings. The lowest BCUT2D eigenvalue weighted by Crippen LogP contribution is -2.22. The maximum atomic E-state index is 13.4. The Morgan fingerprint density at radius 2 is 1.90 bits per heavy atom. The number of primary amides is 1. The number of nitrogens with two attached hydrogens (primary N) is 2. The average molecular weight is 548 g/mol. The monoisotopic (exact) mass is 547 g/mol. The Morgan fingerprint density at radius 1 is 1.12 bits per heavy atom. The third-order valence-electron chi connectivity index (χ3n) is 6.17. The minimum atomic E-state index is -0.623. The maximum absolute atomic E-state index is 13.4. The molecule has 2 aromatic carbocycles. The zero-order valence-corrected chi connectivity index (χ0v) is 22.5. The van der Waals surface area contributed by atoms with E-state index in [1.165, 1.54) is 12.4 Å². The van der Waals surface area contributed by atoms with E-state index < -0.39 is 5.91 Å². The first kappa shape index (κ1) is 28.3. The number of amides is 2. The van der Waals surface area contributed by atoms with Gasteiger partial charge in [0.1, 0.15) is 17.7 Å². The third-order valence-corrected chi connectivity index (χ3v) is 6.17. The molecule has 0 unspecified atom stereocenters. The molecule has 5 aromatic rings. The molecule has 0 aliphatic carbocycles. The normalized spacial score (nSPS) is 10.3. The van der Waals surface area contributed by atoms with E-state index >= 15 is 0 Å². The Hall–Kier alpha value is -5.69. The van der Waals surface area contributed by atoms with Gasteiger partial charge in [0, 0.05) is 42.3 Å². The first-order chi connectivity index (χ1) is 19.8. The minimum Gasteiger partial charge on any atom is -0.383 e. The van der Waals surface area contributed by atoms with Gasteiger partial charge in [0.15, 0.2) is 5.65 Å². The van der Waals surface area contributed by atoms with Crippen molar-refractivity contribution in [3.8, 4) is 17.5 Å². The van der Waals surface area contributed by atoms with Crippen LogP contribution in [0.3, 0.4) is 0 Å². The molecular weight excluding hydrogens is 518 g/mol. The second kappa shape index (κ2) is 12.9. The SMILES string of the molecule is C=CC(=O)NCCC#Cc1cccc2cc(CC)n(-c3ccccc3)c(=O)c12.NC(=O)c1c(N)ncn2ccnc12. The van der Waals surface area contributed by atoms with Crippen molar-refractivity contribution >= 4 is 34.1 Å². The molecule has 0 atom stereocenters. The van der Waals surface area contributed by atoms with E-state index in [4.69, 9.17) is 11.5 Å². The number of aromatic nitrogens is 4. The Kier molecular flexibility index (Phi) is 8.92. The van der Waals surface area contributed by atoms with Crippen LogP contribution in [0.15, 0.2) is 90.8 Å². The van der Waals surface area contributed by atoms with Gasteiger partial charge in [0.2, 0.25) is 5.91 Å². The summed E-state index contributed by atoms with van der Waals surface area (Å²) in [6, 6.07) is 17.4. The number of hydrogen-bond donors (Lipinski definition) is 3. The van der Waals surface area contributed by atoms with Crippen molar-refractivity contribution in [3.63, 3.8) is 0 Å². The number of fused-ring (bicyclic) bond motifs is 2. The van der Waals surface area contributed by atoms with Gasteiger partial charge < -0.3 is 16.8 Å². The molecule has 0 saturated carbocycles. The number of nitrogens with zero attached hydrogens (tertiary/aromatic N) is 4. The van der Waals surface area contributed by atoms with Gasteiger partial charge in [-0.3, -0.25) is 23.4 Å². The number of anilines is 1. The van der Waals surface area contributed by atoms with Gasteiger partial charge in [-0.2, -0.15) is 0 Å².